The van der Waals surface area contributed by atoms with E-state index < -0.39 is 0 Å². The van der Waals surface area contributed by atoms with Crippen molar-refractivity contribution in [2.45, 2.75) is 44.8 Å². The van der Waals surface area contributed by atoms with Gasteiger partial charge in [0.1, 0.15) is 0 Å². The van der Waals surface area contributed by atoms with E-state index in [4.69, 9.17) is 0 Å². The van der Waals surface area contributed by atoms with Crippen molar-refractivity contribution >= 4 is 11.8 Å². The Morgan fingerprint density at radius 2 is 1.88 bits per heavy atom. The Balaban J connectivity index is 2.43. The maximum absolute atomic E-state index is 2.39. The first kappa shape index (κ1) is 13.6. The largest absolute Gasteiger partial charge is 0.162 e. The molecule has 0 N–H and O–H groups in total. The average Bonchev–Trinajstić information content (AvgIpc) is 2.30. The predicted molar refractivity (Wildman–Crippen MR) is 76.1 cm³/mol. The third-order valence-corrected chi connectivity index (χ3v) is 4.11. The normalized spacial score (nSPS) is 14.7. The van der Waals surface area contributed by atoms with Crippen LogP contribution in [-0.4, -0.2) is 11.5 Å². The van der Waals surface area contributed by atoms with Crippen LogP contribution < -0.4 is 0 Å². The second kappa shape index (κ2) is 7.78. The molecule has 0 bridgehead atoms. The Hall–Kier alpha value is -0.430. The number of rotatable bonds is 7. The molecular formula is C15H24S. The first-order valence-electron chi connectivity index (χ1n) is 6.33. The molecule has 1 aromatic rings. The monoisotopic (exact) mass is 236 g/mol. The summed E-state index contributed by atoms with van der Waals surface area (Å²) in [6.07, 6.45) is 7.49. The number of hydrogen-bond donors (Lipinski definition) is 0. The summed E-state index contributed by atoms with van der Waals surface area (Å²) in [6.45, 7) is 4.67. The van der Waals surface area contributed by atoms with Gasteiger partial charge in [0.25, 0.3) is 0 Å². The highest BCUT2D eigenvalue weighted by molar-refractivity contribution is 7.99. The average molecular weight is 236 g/mol. The summed E-state index contributed by atoms with van der Waals surface area (Å²) in [6, 6.07) is 10.9. The minimum absolute atomic E-state index is 0.781. The fourth-order valence-corrected chi connectivity index (χ4v) is 3.08. The van der Waals surface area contributed by atoms with Gasteiger partial charge in [0.15, 0.2) is 0 Å². The third-order valence-electron chi connectivity index (χ3n) is 3.09. The van der Waals surface area contributed by atoms with E-state index >= 15 is 0 Å². The van der Waals surface area contributed by atoms with Gasteiger partial charge in [-0.1, -0.05) is 57.0 Å². The van der Waals surface area contributed by atoms with Crippen molar-refractivity contribution in [3.63, 3.8) is 0 Å². The fraction of sp³-hybridized carbons (Fsp3) is 0.600. The molecule has 2 unspecified atom stereocenters. The molecule has 90 valence electrons. The van der Waals surface area contributed by atoms with Crippen molar-refractivity contribution in [3.05, 3.63) is 35.9 Å². The zero-order valence-electron chi connectivity index (χ0n) is 10.8. The molecule has 2 atom stereocenters. The summed E-state index contributed by atoms with van der Waals surface area (Å²) < 4.78 is 0. The summed E-state index contributed by atoms with van der Waals surface area (Å²) >= 11 is 2.02. The van der Waals surface area contributed by atoms with Gasteiger partial charge in [-0.05, 0) is 30.6 Å². The summed E-state index contributed by atoms with van der Waals surface area (Å²) in [5.41, 5.74) is 1.48. The molecule has 0 aliphatic heterocycles. The predicted octanol–water partition coefficient (Wildman–Crippen LogP) is 4.79. The molecule has 0 radical (unpaired) electrons. The quantitative estimate of drug-likeness (QED) is 0.656. The summed E-state index contributed by atoms with van der Waals surface area (Å²) in [4.78, 5) is 0. The smallest absolute Gasteiger partial charge is 0.00872 e. The Kier molecular flexibility index (Phi) is 6.63. The van der Waals surface area contributed by atoms with E-state index in [0.717, 1.165) is 11.2 Å². The fourth-order valence-electron chi connectivity index (χ4n) is 2.20. The molecule has 0 fully saturated rings. The van der Waals surface area contributed by atoms with Gasteiger partial charge in [-0.15, -0.1) is 0 Å². The van der Waals surface area contributed by atoms with Gasteiger partial charge >= 0.3 is 0 Å². The molecule has 0 aromatic heterocycles. The van der Waals surface area contributed by atoms with Crippen molar-refractivity contribution in [2.24, 2.45) is 5.92 Å². The molecule has 0 spiro atoms. The third kappa shape index (κ3) is 5.07. The van der Waals surface area contributed by atoms with Gasteiger partial charge in [-0.25, -0.2) is 0 Å². The minimum Gasteiger partial charge on any atom is -0.162 e. The Labute approximate surface area is 105 Å². The van der Waals surface area contributed by atoms with Gasteiger partial charge in [0.2, 0.25) is 0 Å². The molecule has 0 heterocycles. The standard InChI is InChI=1S/C15H24S/c1-4-8-13(2)11-15(16-3)12-14-9-6-5-7-10-14/h5-7,9-10,13,15H,4,8,11-12H2,1-3H3. The second-order valence-electron chi connectivity index (χ2n) is 4.68. The van der Waals surface area contributed by atoms with E-state index in [1.807, 2.05) is 11.8 Å². The van der Waals surface area contributed by atoms with E-state index in [1.54, 1.807) is 0 Å². The Morgan fingerprint density at radius 3 is 2.44 bits per heavy atom. The lowest BCUT2D eigenvalue weighted by Crippen LogP contribution is -2.11. The molecular weight excluding hydrogens is 212 g/mol. The van der Waals surface area contributed by atoms with Crippen LogP contribution in [0.1, 0.15) is 38.7 Å². The minimum atomic E-state index is 0.781. The molecule has 0 aliphatic carbocycles. The molecule has 0 nitrogen and oxygen atoms in total. The molecule has 0 amide bonds. The lowest BCUT2D eigenvalue weighted by Gasteiger charge is -2.19. The van der Waals surface area contributed by atoms with Crippen LogP contribution in [-0.2, 0) is 6.42 Å². The zero-order chi connectivity index (χ0) is 11.8. The topological polar surface area (TPSA) is 0 Å². The lowest BCUT2D eigenvalue weighted by molar-refractivity contribution is 0.476. The maximum atomic E-state index is 2.39. The first-order chi connectivity index (χ1) is 7.76. The van der Waals surface area contributed by atoms with E-state index in [-0.39, 0.29) is 0 Å². The maximum Gasteiger partial charge on any atom is 0.00872 e. The highest BCUT2D eigenvalue weighted by Crippen LogP contribution is 2.23. The van der Waals surface area contributed by atoms with Gasteiger partial charge in [-0.3, -0.25) is 0 Å². The van der Waals surface area contributed by atoms with Crippen molar-refractivity contribution in [3.8, 4) is 0 Å². The SMILES string of the molecule is CCCC(C)CC(Cc1ccccc1)SC. The van der Waals surface area contributed by atoms with Crippen LogP contribution >= 0.6 is 11.8 Å². The number of thioether (sulfide) groups is 1. The van der Waals surface area contributed by atoms with Crippen molar-refractivity contribution < 1.29 is 0 Å². The van der Waals surface area contributed by atoms with Crippen LogP contribution in [0.5, 0.6) is 0 Å². The van der Waals surface area contributed by atoms with Crippen LogP contribution in [0.2, 0.25) is 0 Å². The van der Waals surface area contributed by atoms with Crippen LogP contribution in [0.4, 0.5) is 0 Å². The van der Waals surface area contributed by atoms with Gasteiger partial charge in [0.05, 0.1) is 0 Å². The number of benzene rings is 1. The molecule has 16 heavy (non-hydrogen) atoms. The second-order valence-corrected chi connectivity index (χ2v) is 5.82. The van der Waals surface area contributed by atoms with E-state index in [9.17, 15) is 0 Å². The highest BCUT2D eigenvalue weighted by Gasteiger charge is 2.12. The van der Waals surface area contributed by atoms with Gasteiger partial charge in [0, 0.05) is 5.25 Å². The summed E-state index contributed by atoms with van der Waals surface area (Å²) in [5.74, 6) is 0.867. The molecule has 1 heteroatoms. The van der Waals surface area contributed by atoms with E-state index in [0.29, 0.717) is 0 Å². The molecule has 1 rings (SSSR count). The molecule has 1 aromatic carbocycles. The van der Waals surface area contributed by atoms with Crippen LogP contribution in [0.25, 0.3) is 0 Å². The van der Waals surface area contributed by atoms with Gasteiger partial charge < -0.3 is 0 Å². The van der Waals surface area contributed by atoms with Gasteiger partial charge in [-0.2, -0.15) is 11.8 Å². The van der Waals surface area contributed by atoms with Crippen molar-refractivity contribution in [1.82, 2.24) is 0 Å². The Morgan fingerprint density at radius 1 is 1.19 bits per heavy atom. The lowest BCUT2D eigenvalue weighted by atomic mass is 9.97. The molecule has 0 saturated carbocycles. The van der Waals surface area contributed by atoms with E-state index in [1.165, 1.54) is 31.2 Å². The van der Waals surface area contributed by atoms with E-state index in [2.05, 4.69) is 50.4 Å². The first-order valence-corrected chi connectivity index (χ1v) is 7.61. The number of hydrogen-bond acceptors (Lipinski definition) is 1. The molecule has 0 saturated heterocycles. The molecule has 0 aliphatic rings. The van der Waals surface area contributed by atoms with Crippen LogP contribution in [0, 0.1) is 5.92 Å². The summed E-state index contributed by atoms with van der Waals surface area (Å²) in [5, 5.41) is 0.781. The van der Waals surface area contributed by atoms with Crippen LogP contribution in [0.3, 0.4) is 0 Å². The Bertz CT molecular complexity index is 268. The summed E-state index contributed by atoms with van der Waals surface area (Å²) in [7, 11) is 0. The van der Waals surface area contributed by atoms with Crippen molar-refractivity contribution in [2.75, 3.05) is 6.26 Å². The zero-order valence-corrected chi connectivity index (χ0v) is 11.6. The van der Waals surface area contributed by atoms with Crippen molar-refractivity contribution in [1.29, 1.82) is 0 Å². The highest BCUT2D eigenvalue weighted by atomic mass is 32.2. The van der Waals surface area contributed by atoms with Crippen LogP contribution in [0.15, 0.2) is 30.3 Å².